The van der Waals surface area contributed by atoms with Crippen LogP contribution in [0.1, 0.15) is 45.0 Å². The Hall–Kier alpha value is -4.21. The van der Waals surface area contributed by atoms with Crippen molar-refractivity contribution < 1.29 is 18.4 Å². The van der Waals surface area contributed by atoms with Gasteiger partial charge in [0.25, 0.3) is 11.8 Å². The molecule has 2 heterocycles. The van der Waals surface area contributed by atoms with Crippen molar-refractivity contribution in [1.29, 1.82) is 0 Å². The molecule has 5 rings (SSSR count). The number of carbonyl (C=O) groups is 2. The minimum Gasteiger partial charge on any atom is -0.432 e. The Kier molecular flexibility index (Phi) is 5.47. The van der Waals surface area contributed by atoms with Gasteiger partial charge in [0.15, 0.2) is 5.96 Å². The molecule has 2 fully saturated rings. The molecule has 0 bridgehead atoms. The van der Waals surface area contributed by atoms with Crippen LogP contribution in [-0.2, 0) is 0 Å². The van der Waals surface area contributed by atoms with E-state index in [-0.39, 0.29) is 17.5 Å². The molecule has 2 aliphatic rings. The van der Waals surface area contributed by atoms with Gasteiger partial charge in [-0.15, -0.1) is 0 Å². The second-order valence-corrected chi connectivity index (χ2v) is 7.81. The number of oxazole rings is 1. The van der Waals surface area contributed by atoms with Gasteiger partial charge in [-0.2, -0.15) is 4.99 Å². The van der Waals surface area contributed by atoms with Gasteiger partial charge in [0.1, 0.15) is 12.1 Å². The lowest BCUT2D eigenvalue weighted by molar-refractivity contribution is 0.0998. The van der Waals surface area contributed by atoms with E-state index in [0.717, 1.165) is 18.4 Å². The highest BCUT2D eigenvalue weighted by Gasteiger charge is 2.29. The van der Waals surface area contributed by atoms with Crippen molar-refractivity contribution in [3.05, 3.63) is 71.4 Å². The molecular weight excluding hydrogens is 427 g/mol. The van der Waals surface area contributed by atoms with Crippen molar-refractivity contribution >= 4 is 35.2 Å². The van der Waals surface area contributed by atoms with Crippen molar-refractivity contribution in [1.82, 2.24) is 15.6 Å². The zero-order chi connectivity index (χ0) is 22.8. The van der Waals surface area contributed by atoms with Crippen LogP contribution in [0, 0.1) is 5.82 Å². The molecule has 0 radical (unpaired) electrons. The zero-order valence-corrected chi connectivity index (χ0v) is 17.5. The number of nitrogens with zero attached hydrogens (tertiary/aromatic N) is 2. The van der Waals surface area contributed by atoms with Crippen molar-refractivity contribution in [2.75, 3.05) is 23.7 Å². The van der Waals surface area contributed by atoms with Gasteiger partial charge >= 0.3 is 6.01 Å². The molecule has 2 aromatic carbocycles. The third kappa shape index (κ3) is 4.69. The fourth-order valence-electron chi connectivity index (χ4n) is 3.61. The van der Waals surface area contributed by atoms with Gasteiger partial charge < -0.3 is 20.4 Å². The summed E-state index contributed by atoms with van der Waals surface area (Å²) in [5, 5.41) is 11.6. The summed E-state index contributed by atoms with van der Waals surface area (Å²) in [5.41, 5.74) is 2.10. The van der Waals surface area contributed by atoms with E-state index in [1.807, 2.05) is 0 Å². The first-order valence-electron chi connectivity index (χ1n) is 10.6. The third-order valence-electron chi connectivity index (χ3n) is 5.35. The van der Waals surface area contributed by atoms with Gasteiger partial charge in [-0.25, -0.2) is 9.37 Å². The Balaban J connectivity index is 1.40. The standard InChI is InChI=1S/C23H21FN6O3/c24-18-12-15(21(32)29-22-25-6-7-26-22)11-17(13-4-5-13)19(18)28-16-3-1-2-14(10-16)20(31)30-23-27-8-9-33-23/h1-3,8-13,28H,4-7H2,(H,27,30,31)(H2,25,26,29,32). The predicted octanol–water partition coefficient (Wildman–Crippen LogP) is 3.38. The van der Waals surface area contributed by atoms with Gasteiger partial charge in [-0.1, -0.05) is 6.07 Å². The van der Waals surface area contributed by atoms with Crippen LogP contribution in [0.25, 0.3) is 0 Å². The summed E-state index contributed by atoms with van der Waals surface area (Å²) in [6.45, 7) is 1.37. The summed E-state index contributed by atoms with van der Waals surface area (Å²) in [7, 11) is 0. The smallest absolute Gasteiger partial charge is 0.301 e. The maximum Gasteiger partial charge on any atom is 0.301 e. The van der Waals surface area contributed by atoms with E-state index >= 15 is 4.39 Å². The molecule has 1 aliphatic carbocycles. The number of amides is 2. The number of carbonyl (C=O) groups excluding carboxylic acids is 2. The van der Waals surface area contributed by atoms with Crippen LogP contribution in [0.2, 0.25) is 0 Å². The van der Waals surface area contributed by atoms with E-state index in [4.69, 9.17) is 4.42 Å². The molecule has 0 unspecified atom stereocenters. The number of benzene rings is 2. The lowest BCUT2D eigenvalue weighted by atomic mass is 10.0. The largest absolute Gasteiger partial charge is 0.432 e. The molecule has 1 aliphatic heterocycles. The van der Waals surface area contributed by atoms with Gasteiger partial charge in [0.05, 0.1) is 11.9 Å². The fraction of sp³-hybridized carbons (Fsp3) is 0.217. The van der Waals surface area contributed by atoms with Crippen LogP contribution in [-0.4, -0.2) is 35.8 Å². The minimum absolute atomic E-state index is 0.0901. The Morgan fingerprint density at radius 1 is 1.12 bits per heavy atom. The van der Waals surface area contributed by atoms with Crippen LogP contribution < -0.4 is 21.3 Å². The first-order chi connectivity index (χ1) is 16.1. The first-order valence-corrected chi connectivity index (χ1v) is 10.6. The lowest BCUT2D eigenvalue weighted by Crippen LogP contribution is -2.25. The van der Waals surface area contributed by atoms with E-state index in [9.17, 15) is 9.59 Å². The number of nitrogens with one attached hydrogen (secondary N) is 4. The summed E-state index contributed by atoms with van der Waals surface area (Å²) >= 11 is 0. The summed E-state index contributed by atoms with van der Waals surface area (Å²) in [5.74, 6) is -0.898. The molecule has 1 saturated carbocycles. The Morgan fingerprint density at radius 3 is 2.67 bits per heavy atom. The zero-order valence-electron chi connectivity index (χ0n) is 17.5. The van der Waals surface area contributed by atoms with E-state index in [1.54, 1.807) is 30.3 Å². The number of aromatic nitrogens is 1. The number of halogens is 1. The van der Waals surface area contributed by atoms with Crippen molar-refractivity contribution in [3.63, 3.8) is 0 Å². The van der Waals surface area contributed by atoms with Gasteiger partial charge in [-0.05, 0) is 54.7 Å². The van der Waals surface area contributed by atoms with Crippen LogP contribution in [0.3, 0.4) is 0 Å². The van der Waals surface area contributed by atoms with Crippen LogP contribution >= 0.6 is 0 Å². The predicted molar refractivity (Wildman–Crippen MR) is 120 cm³/mol. The molecule has 4 N–H and O–H groups in total. The van der Waals surface area contributed by atoms with Gasteiger partial charge in [0.2, 0.25) is 0 Å². The average Bonchev–Trinajstić information content (AvgIpc) is 3.28. The van der Waals surface area contributed by atoms with Crippen molar-refractivity contribution in [2.24, 2.45) is 4.99 Å². The minimum atomic E-state index is -0.551. The second kappa shape index (κ2) is 8.73. The Morgan fingerprint density at radius 2 is 1.94 bits per heavy atom. The third-order valence-corrected chi connectivity index (χ3v) is 5.35. The molecule has 2 amide bonds. The highest BCUT2D eigenvalue weighted by atomic mass is 19.1. The molecule has 1 aromatic heterocycles. The number of hydrogen-bond donors (Lipinski definition) is 4. The highest BCUT2D eigenvalue weighted by molar-refractivity contribution is 6.04. The monoisotopic (exact) mass is 448 g/mol. The van der Waals surface area contributed by atoms with Crippen LogP contribution in [0.15, 0.2) is 58.3 Å². The summed E-state index contributed by atoms with van der Waals surface area (Å²) in [6.07, 6.45) is 4.62. The average molecular weight is 448 g/mol. The van der Waals surface area contributed by atoms with E-state index in [0.29, 0.717) is 36.0 Å². The topological polar surface area (TPSA) is 121 Å². The van der Waals surface area contributed by atoms with Crippen molar-refractivity contribution in [2.45, 2.75) is 18.8 Å². The number of aliphatic imine (C=N–C) groups is 1. The molecular formula is C23H21FN6O3. The fourth-order valence-corrected chi connectivity index (χ4v) is 3.61. The number of anilines is 3. The number of hydrogen-bond acceptors (Lipinski definition) is 5. The summed E-state index contributed by atoms with van der Waals surface area (Å²) in [6, 6.07) is 9.65. The second-order valence-electron chi connectivity index (χ2n) is 7.81. The van der Waals surface area contributed by atoms with Gasteiger partial charge in [0, 0.05) is 29.9 Å². The molecule has 3 aromatic rings. The van der Waals surface area contributed by atoms with E-state index in [2.05, 4.69) is 31.2 Å². The van der Waals surface area contributed by atoms with E-state index in [1.165, 1.54) is 18.5 Å². The molecule has 0 atom stereocenters. The maximum atomic E-state index is 15.2. The highest BCUT2D eigenvalue weighted by Crippen LogP contribution is 2.45. The molecule has 1 saturated heterocycles. The normalized spacial score (nSPS) is 14.9. The number of rotatable bonds is 6. The van der Waals surface area contributed by atoms with Gasteiger partial charge in [-0.3, -0.25) is 14.9 Å². The summed E-state index contributed by atoms with van der Waals surface area (Å²) in [4.78, 5) is 32.9. The maximum absolute atomic E-state index is 15.2. The molecule has 10 heteroatoms. The van der Waals surface area contributed by atoms with Crippen LogP contribution in [0.4, 0.5) is 21.8 Å². The Labute approximate surface area is 188 Å². The first kappa shape index (κ1) is 20.7. The lowest BCUT2D eigenvalue weighted by Gasteiger charge is -2.15. The number of guanidine groups is 1. The molecule has 168 valence electrons. The van der Waals surface area contributed by atoms with E-state index < -0.39 is 17.6 Å². The molecule has 33 heavy (non-hydrogen) atoms. The molecule has 9 nitrogen and oxygen atoms in total. The SMILES string of the molecule is O=C(N=C1NCCN1)c1cc(F)c(Nc2cccc(C(=O)Nc3ncco3)c2)c(C2CC2)c1. The quantitative estimate of drug-likeness (QED) is 0.456. The Bertz CT molecular complexity index is 1230. The van der Waals surface area contributed by atoms with Crippen molar-refractivity contribution in [3.8, 4) is 0 Å². The molecule has 0 spiro atoms. The summed E-state index contributed by atoms with van der Waals surface area (Å²) < 4.78 is 20.2. The van der Waals surface area contributed by atoms with Crippen LogP contribution in [0.5, 0.6) is 0 Å².